The number of nitrogen functional groups attached to an aromatic ring is 1. The van der Waals surface area contributed by atoms with Crippen molar-refractivity contribution in [1.29, 1.82) is 0 Å². The summed E-state index contributed by atoms with van der Waals surface area (Å²) in [7, 11) is 0. The minimum Gasteiger partial charge on any atom is -0.383 e. The maximum Gasteiger partial charge on any atom is 0.164 e. The van der Waals surface area contributed by atoms with Gasteiger partial charge in [0.05, 0.1) is 22.8 Å². The number of anilines is 1. The third-order valence-corrected chi connectivity index (χ3v) is 5.39. The number of rotatable bonds is 3. The number of aromatic nitrogens is 6. The van der Waals surface area contributed by atoms with Crippen molar-refractivity contribution < 1.29 is 0 Å². The second-order valence-electron chi connectivity index (χ2n) is 7.29. The van der Waals surface area contributed by atoms with Crippen molar-refractivity contribution in [3.8, 4) is 11.3 Å². The summed E-state index contributed by atoms with van der Waals surface area (Å²) in [5.74, 6) is 0.456. The van der Waals surface area contributed by atoms with Gasteiger partial charge in [0.2, 0.25) is 0 Å². The predicted octanol–water partition coefficient (Wildman–Crippen LogP) is 3.95. The van der Waals surface area contributed by atoms with Crippen molar-refractivity contribution in [2.75, 3.05) is 5.73 Å². The molecule has 0 bridgehead atoms. The summed E-state index contributed by atoms with van der Waals surface area (Å²) in [6.07, 6.45) is 5.43. The van der Waals surface area contributed by atoms with E-state index in [1.807, 2.05) is 42.9 Å². The van der Waals surface area contributed by atoms with E-state index in [0.29, 0.717) is 5.82 Å². The van der Waals surface area contributed by atoms with Gasteiger partial charge in [0.25, 0.3) is 0 Å². The summed E-state index contributed by atoms with van der Waals surface area (Å²) in [4.78, 5) is 13.0. The van der Waals surface area contributed by atoms with Gasteiger partial charge in [-0.3, -0.25) is 4.98 Å². The van der Waals surface area contributed by atoms with Gasteiger partial charge >= 0.3 is 0 Å². The highest BCUT2D eigenvalue weighted by Crippen LogP contribution is 2.35. The first-order valence-corrected chi connectivity index (χ1v) is 9.53. The van der Waals surface area contributed by atoms with E-state index in [9.17, 15) is 0 Å². The van der Waals surface area contributed by atoms with Crippen LogP contribution in [0.1, 0.15) is 29.9 Å². The van der Waals surface area contributed by atoms with Crippen LogP contribution in [0.15, 0.2) is 55.1 Å². The Labute approximate surface area is 167 Å². The van der Waals surface area contributed by atoms with Gasteiger partial charge in [-0.2, -0.15) is 5.10 Å². The molecular formula is C22H21N7. The zero-order valence-electron chi connectivity index (χ0n) is 16.5. The Kier molecular flexibility index (Phi) is 3.84. The lowest BCUT2D eigenvalue weighted by molar-refractivity contribution is 0.576. The molecule has 0 aliphatic rings. The lowest BCUT2D eigenvalue weighted by Crippen LogP contribution is -2.10. The Morgan fingerprint density at radius 3 is 2.72 bits per heavy atom. The summed E-state index contributed by atoms with van der Waals surface area (Å²) < 4.78 is 4.15. The molecule has 0 aromatic carbocycles. The Hall–Kier alpha value is -3.74. The lowest BCUT2D eigenvalue weighted by Gasteiger charge is -2.15. The van der Waals surface area contributed by atoms with E-state index in [2.05, 4.69) is 50.7 Å². The monoisotopic (exact) mass is 383 g/mol. The van der Waals surface area contributed by atoms with Crippen LogP contribution in [0.4, 0.5) is 5.82 Å². The van der Waals surface area contributed by atoms with Gasteiger partial charge in [-0.1, -0.05) is 6.07 Å². The van der Waals surface area contributed by atoms with Crippen LogP contribution < -0.4 is 5.73 Å². The minimum absolute atomic E-state index is 0.0520. The number of fused-ring (bicyclic) bond motifs is 2. The first-order valence-electron chi connectivity index (χ1n) is 9.53. The third-order valence-electron chi connectivity index (χ3n) is 5.39. The van der Waals surface area contributed by atoms with E-state index in [4.69, 9.17) is 10.8 Å². The molecule has 0 aliphatic carbocycles. The Morgan fingerprint density at radius 2 is 1.90 bits per heavy atom. The van der Waals surface area contributed by atoms with Crippen LogP contribution in [0.25, 0.3) is 27.8 Å². The fourth-order valence-corrected chi connectivity index (χ4v) is 4.03. The standard InChI is InChI=1S/C22H21N7/c1-13-10-16(7-8-24-13)20-18(11-17-6-4-5-9-28(17)20)15(3)29-22-19(14(2)27-29)21(23)25-12-26-22/h4-12,15H,1-3H3,(H2,23,25,26). The average Bonchev–Trinajstić information content (AvgIpc) is 3.26. The molecule has 1 atom stereocenters. The van der Waals surface area contributed by atoms with Crippen molar-refractivity contribution in [2.24, 2.45) is 0 Å². The van der Waals surface area contributed by atoms with E-state index in [-0.39, 0.29) is 6.04 Å². The quantitative estimate of drug-likeness (QED) is 0.510. The molecule has 5 aromatic rings. The van der Waals surface area contributed by atoms with E-state index in [1.54, 1.807) is 0 Å². The number of hydrogen-bond donors (Lipinski definition) is 1. The summed E-state index contributed by atoms with van der Waals surface area (Å²) in [5, 5.41) is 5.57. The minimum atomic E-state index is -0.0520. The lowest BCUT2D eigenvalue weighted by atomic mass is 10.0. The molecule has 29 heavy (non-hydrogen) atoms. The molecular weight excluding hydrogens is 362 g/mol. The van der Waals surface area contributed by atoms with Gasteiger partial charge in [0.15, 0.2) is 5.65 Å². The zero-order valence-corrected chi connectivity index (χ0v) is 16.5. The maximum absolute atomic E-state index is 6.09. The first kappa shape index (κ1) is 17.4. The molecule has 7 nitrogen and oxygen atoms in total. The highest BCUT2D eigenvalue weighted by atomic mass is 15.3. The van der Waals surface area contributed by atoms with Crippen LogP contribution in [-0.4, -0.2) is 29.1 Å². The molecule has 144 valence electrons. The van der Waals surface area contributed by atoms with Gasteiger partial charge in [-0.05, 0) is 51.1 Å². The van der Waals surface area contributed by atoms with Gasteiger partial charge in [-0.25, -0.2) is 14.6 Å². The summed E-state index contributed by atoms with van der Waals surface area (Å²) in [5.41, 5.74) is 13.2. The number of aryl methyl sites for hydroxylation is 2. The van der Waals surface area contributed by atoms with Gasteiger partial charge in [-0.15, -0.1) is 0 Å². The molecule has 7 heteroatoms. The molecule has 0 spiro atoms. The van der Waals surface area contributed by atoms with E-state index in [0.717, 1.165) is 44.8 Å². The first-order chi connectivity index (χ1) is 14.0. The SMILES string of the molecule is Cc1cc(-c2c(C(C)n3nc(C)c4c(N)ncnc43)cc3ccccn23)ccn1. The molecule has 1 unspecified atom stereocenters. The molecule has 0 saturated carbocycles. The van der Waals surface area contributed by atoms with Gasteiger partial charge < -0.3 is 10.1 Å². The van der Waals surface area contributed by atoms with Gasteiger partial charge in [0.1, 0.15) is 12.1 Å². The van der Waals surface area contributed by atoms with Crippen molar-refractivity contribution >= 4 is 22.4 Å². The largest absolute Gasteiger partial charge is 0.383 e. The van der Waals surface area contributed by atoms with Crippen LogP contribution in [-0.2, 0) is 0 Å². The van der Waals surface area contributed by atoms with Crippen LogP contribution in [0.5, 0.6) is 0 Å². The molecule has 0 fully saturated rings. The smallest absolute Gasteiger partial charge is 0.164 e. The highest BCUT2D eigenvalue weighted by molar-refractivity contribution is 5.88. The fourth-order valence-electron chi connectivity index (χ4n) is 4.03. The molecule has 5 heterocycles. The number of pyridine rings is 2. The van der Waals surface area contributed by atoms with Crippen LogP contribution >= 0.6 is 0 Å². The topological polar surface area (TPSA) is 86.9 Å². The Morgan fingerprint density at radius 1 is 1.03 bits per heavy atom. The second kappa shape index (κ2) is 6.41. The van der Waals surface area contributed by atoms with E-state index in [1.165, 1.54) is 6.33 Å². The van der Waals surface area contributed by atoms with Crippen molar-refractivity contribution in [3.63, 3.8) is 0 Å². The third kappa shape index (κ3) is 2.66. The van der Waals surface area contributed by atoms with Crippen LogP contribution in [0.3, 0.4) is 0 Å². The predicted molar refractivity (Wildman–Crippen MR) is 114 cm³/mol. The second-order valence-corrected chi connectivity index (χ2v) is 7.29. The van der Waals surface area contributed by atoms with Crippen molar-refractivity contribution in [1.82, 2.24) is 29.1 Å². The molecule has 2 N–H and O–H groups in total. The van der Waals surface area contributed by atoms with Crippen LogP contribution in [0.2, 0.25) is 0 Å². The number of hydrogen-bond acceptors (Lipinski definition) is 5. The molecule has 5 rings (SSSR count). The molecule has 0 radical (unpaired) electrons. The van der Waals surface area contributed by atoms with Crippen molar-refractivity contribution in [3.05, 3.63) is 72.1 Å². The Balaban J connectivity index is 1.78. The molecule has 5 aromatic heterocycles. The average molecular weight is 383 g/mol. The van der Waals surface area contributed by atoms with Crippen LogP contribution in [0, 0.1) is 13.8 Å². The van der Waals surface area contributed by atoms with E-state index >= 15 is 0 Å². The van der Waals surface area contributed by atoms with Crippen molar-refractivity contribution in [2.45, 2.75) is 26.8 Å². The Bertz CT molecular complexity index is 1360. The fraction of sp³-hybridized carbons (Fsp3) is 0.182. The summed E-state index contributed by atoms with van der Waals surface area (Å²) >= 11 is 0. The van der Waals surface area contributed by atoms with Gasteiger partial charge in [0, 0.05) is 34.7 Å². The van der Waals surface area contributed by atoms with E-state index < -0.39 is 0 Å². The number of nitrogens with two attached hydrogens (primary N) is 1. The normalized spacial score (nSPS) is 12.7. The summed E-state index contributed by atoms with van der Waals surface area (Å²) in [6, 6.07) is 12.5. The number of nitrogens with zero attached hydrogens (tertiary/aromatic N) is 6. The highest BCUT2D eigenvalue weighted by Gasteiger charge is 2.23. The molecule has 0 amide bonds. The zero-order chi connectivity index (χ0) is 20.1. The maximum atomic E-state index is 6.09. The molecule has 0 aliphatic heterocycles. The molecule has 0 saturated heterocycles. The summed E-state index contributed by atoms with van der Waals surface area (Å²) in [6.45, 7) is 6.08.